The van der Waals surface area contributed by atoms with Gasteiger partial charge in [0.1, 0.15) is 6.54 Å². The monoisotopic (exact) mass is 695 g/mol. The molecule has 3 aromatic rings. The summed E-state index contributed by atoms with van der Waals surface area (Å²) in [4.78, 5) is 25.5. The van der Waals surface area contributed by atoms with Gasteiger partial charge in [-0.05, 0) is 12.1 Å². The van der Waals surface area contributed by atoms with Gasteiger partial charge in [-0.25, -0.2) is 0 Å². The molecule has 5 atom stereocenters. The number of benzene rings is 1. The summed E-state index contributed by atoms with van der Waals surface area (Å²) in [6, 6.07) is 6.72. The van der Waals surface area contributed by atoms with Crippen LogP contribution in [0.3, 0.4) is 0 Å². The number of nitrogens with two attached hydrogens (primary N) is 1. The van der Waals surface area contributed by atoms with E-state index in [0.717, 1.165) is 10.2 Å². The van der Waals surface area contributed by atoms with Gasteiger partial charge in [0, 0.05) is 0 Å². The van der Waals surface area contributed by atoms with Crippen molar-refractivity contribution in [3.63, 3.8) is 0 Å². The number of esters is 1. The molecule has 1 saturated carbocycles. The third kappa shape index (κ3) is 7.48. The number of para-hydroxylation sites is 1. The molecule has 4 rings (SSSR count). The number of hydrogen-bond acceptors (Lipinski definition) is 11. The predicted molar refractivity (Wildman–Crippen MR) is 142 cm³/mol. The minimum Gasteiger partial charge on any atom is -0.0607 e. The molecule has 0 spiro atoms. The number of halogens is 4. The Kier molecular flexibility index (Phi) is 9.70. The Balaban J connectivity index is 1.58. The number of thiazole rings is 1. The van der Waals surface area contributed by atoms with Crippen molar-refractivity contribution in [3.05, 3.63) is 30.0 Å². The Morgan fingerprint density at radius 3 is 2.62 bits per heavy atom. The Bertz CT molecular complexity index is 1310. The molecule has 10 nitrogen and oxygen atoms in total. The van der Waals surface area contributed by atoms with Crippen LogP contribution in [0.4, 0.5) is 24.9 Å². The smallest absolute Gasteiger partial charge is 0.0607 e. The fourth-order valence-electron chi connectivity index (χ4n) is 4.37. The number of aryl methyl sites for hydroxylation is 1. The number of carbonyl (C=O) groups excluding carboxylic acids is 1. The van der Waals surface area contributed by atoms with Gasteiger partial charge in [-0.2, -0.15) is 13.2 Å². The van der Waals surface area contributed by atoms with Crippen LogP contribution in [0, 0.1) is 12.8 Å². The standard InChI is InChI=1S/C25H31F3IN6O4S/c1-11(2)29-20(30)23(38)39-9-13-8-15(19(37)18(13)36)33-21-17(22-34-14-6-4-5-7-16(14)40-22)12(3)32-24(35-21)31-10-25(26,27)28/h4-7,11,13,15,18-20,36-37H,8-10,30H2,1-3H3,(H2,31,32,33,35)/q-1/t13-,15-,18-,19+,20?/m1/s1. The van der Waals surface area contributed by atoms with Crippen LogP contribution in [0.1, 0.15) is 26.0 Å². The van der Waals surface area contributed by atoms with E-state index in [4.69, 9.17) is 10.5 Å². The second-order valence-electron chi connectivity index (χ2n) is 9.71. The molecular weight excluding hydrogens is 664 g/mol. The topological polar surface area (TPSA) is 156 Å². The van der Waals surface area contributed by atoms with Crippen molar-refractivity contribution in [1.29, 1.82) is 0 Å². The third-order valence-corrected chi connectivity index (χ3v) is 10.00. The van der Waals surface area contributed by atoms with E-state index in [0.29, 0.717) is 20.2 Å². The molecule has 40 heavy (non-hydrogen) atoms. The number of rotatable bonds is 10. The number of hydrogen-bond donors (Lipinski definition) is 5. The number of nitrogens with one attached hydrogen (secondary N) is 2. The van der Waals surface area contributed by atoms with E-state index in [1.165, 1.54) is 11.3 Å². The maximum atomic E-state index is 12.9. The van der Waals surface area contributed by atoms with Crippen LogP contribution in [0.25, 0.3) is 20.8 Å². The molecule has 2 heterocycles. The van der Waals surface area contributed by atoms with Crippen LogP contribution in [0.2, 0.25) is 0 Å². The van der Waals surface area contributed by atoms with E-state index >= 15 is 0 Å². The van der Waals surface area contributed by atoms with E-state index in [9.17, 15) is 28.2 Å². The third-order valence-electron chi connectivity index (χ3n) is 6.22. The van der Waals surface area contributed by atoms with E-state index in [-0.39, 0.29) is 24.8 Å². The fraction of sp³-hybridized carbons (Fsp3) is 0.520. The molecule has 220 valence electrons. The van der Waals surface area contributed by atoms with Crippen LogP contribution < -0.4 is 37.6 Å². The van der Waals surface area contributed by atoms with Crippen molar-refractivity contribution < 1.29 is 54.1 Å². The van der Waals surface area contributed by atoms with Crippen molar-refractivity contribution in [2.24, 2.45) is 11.7 Å². The summed E-state index contributed by atoms with van der Waals surface area (Å²) in [7, 11) is 0. The summed E-state index contributed by atoms with van der Waals surface area (Å²) in [5, 5.41) is 27.3. The molecule has 0 radical (unpaired) electrons. The normalized spacial score (nSPS) is 22.1. The van der Waals surface area contributed by atoms with Gasteiger partial charge in [0.25, 0.3) is 0 Å². The number of anilines is 2. The van der Waals surface area contributed by atoms with Gasteiger partial charge >= 0.3 is 190 Å². The Labute approximate surface area is 243 Å². The van der Waals surface area contributed by atoms with Crippen molar-refractivity contribution in [2.45, 2.75) is 59.6 Å². The molecule has 1 fully saturated rings. The number of fused-ring (bicyclic) bond motifs is 1. The van der Waals surface area contributed by atoms with E-state index in [2.05, 4.69) is 25.6 Å². The first-order valence-corrected chi connectivity index (χ1v) is 15.8. The molecule has 2 aromatic heterocycles. The van der Waals surface area contributed by atoms with Crippen LogP contribution in [-0.2, 0) is 9.53 Å². The number of aliphatic hydroxyl groups excluding tert-OH is 2. The van der Waals surface area contributed by atoms with Crippen LogP contribution in [-0.4, -0.2) is 76.7 Å². The van der Waals surface area contributed by atoms with E-state index < -0.39 is 68.1 Å². The van der Waals surface area contributed by atoms with Crippen molar-refractivity contribution in [1.82, 2.24) is 15.0 Å². The summed E-state index contributed by atoms with van der Waals surface area (Å²) in [5.41, 5.74) is 7.52. The number of alkyl halides is 5. The molecule has 15 heteroatoms. The zero-order chi connectivity index (χ0) is 29.2. The van der Waals surface area contributed by atoms with Gasteiger partial charge < -0.3 is 0 Å². The molecule has 1 unspecified atom stereocenters. The molecule has 0 bridgehead atoms. The average Bonchev–Trinajstić information content (AvgIpc) is 3.41. The Hall–Kier alpha value is -2.34. The fourth-order valence-corrected chi connectivity index (χ4v) is 7.46. The number of aromatic nitrogens is 3. The summed E-state index contributed by atoms with van der Waals surface area (Å²) in [5.74, 6) is -1.21. The van der Waals surface area contributed by atoms with Crippen molar-refractivity contribution in [3.8, 4) is 10.6 Å². The number of ether oxygens (including phenoxy) is 1. The quantitative estimate of drug-likeness (QED) is 0.0840. The zero-order valence-electron chi connectivity index (χ0n) is 21.9. The molecule has 0 aliphatic heterocycles. The second-order valence-corrected chi connectivity index (χ2v) is 15.3. The van der Waals surface area contributed by atoms with Gasteiger partial charge in [-0.3, -0.25) is 0 Å². The Morgan fingerprint density at radius 2 is 1.95 bits per heavy atom. The first-order chi connectivity index (χ1) is 18.8. The summed E-state index contributed by atoms with van der Waals surface area (Å²) < 4.78 is 44.5. The van der Waals surface area contributed by atoms with Gasteiger partial charge in [0.2, 0.25) is 0 Å². The molecule has 6 N–H and O–H groups in total. The van der Waals surface area contributed by atoms with Gasteiger partial charge in [-0.15, -0.1) is 0 Å². The van der Waals surface area contributed by atoms with Gasteiger partial charge in [0.05, 0.1) is 10.2 Å². The molecule has 1 aliphatic carbocycles. The number of carbonyl (C=O) groups is 1. The minimum atomic E-state index is -4.48. The molecule has 0 amide bonds. The van der Waals surface area contributed by atoms with Gasteiger partial charge in [0.15, 0.2) is 0 Å². The summed E-state index contributed by atoms with van der Waals surface area (Å²) in [6.45, 7) is 4.14. The first-order valence-electron chi connectivity index (χ1n) is 12.5. The average molecular weight is 696 g/mol. The SMILES string of the molecule is Cc1nc(NCC(F)(F)F)nc(N[C@@H]2C[C@H](COC(=O)C(N)[I-]C(C)C)[C@@H](O)[C@H]2O)c1-c1nc2ccccc2s1. The van der Waals surface area contributed by atoms with Crippen molar-refractivity contribution >= 4 is 39.3 Å². The molecular formula is C25H31F3IN6O4S-. The number of nitrogens with zero attached hydrogens (tertiary/aromatic N) is 3. The molecule has 1 aromatic carbocycles. The maximum absolute atomic E-state index is 12.9. The number of aliphatic hydroxyl groups is 2. The van der Waals surface area contributed by atoms with E-state index in [1.807, 2.05) is 38.1 Å². The first kappa shape index (κ1) is 30.6. The predicted octanol–water partition coefficient (Wildman–Crippen LogP) is -0.116. The molecule has 0 saturated heterocycles. The van der Waals surface area contributed by atoms with Crippen LogP contribution in [0.15, 0.2) is 24.3 Å². The van der Waals surface area contributed by atoms with Crippen LogP contribution >= 0.6 is 11.3 Å². The zero-order valence-corrected chi connectivity index (χ0v) is 24.9. The minimum absolute atomic E-state index is 0.128. The second kappa shape index (κ2) is 12.7. The molecule has 1 aliphatic rings. The summed E-state index contributed by atoms with van der Waals surface area (Å²) in [6.07, 6.45) is -6.74. The van der Waals surface area contributed by atoms with Gasteiger partial charge in [-0.1, -0.05) is 12.1 Å². The van der Waals surface area contributed by atoms with Crippen LogP contribution in [0.5, 0.6) is 0 Å². The van der Waals surface area contributed by atoms with Crippen molar-refractivity contribution in [2.75, 3.05) is 23.8 Å². The summed E-state index contributed by atoms with van der Waals surface area (Å²) >= 11 is 0.775. The van der Waals surface area contributed by atoms with E-state index in [1.54, 1.807) is 6.92 Å². The Morgan fingerprint density at radius 1 is 1.23 bits per heavy atom.